The summed E-state index contributed by atoms with van der Waals surface area (Å²) in [6.07, 6.45) is 3.29. The molecule has 0 saturated heterocycles. The minimum absolute atomic E-state index is 0.294. The molecule has 1 N–H and O–H groups in total. The molecule has 0 atom stereocenters. The fourth-order valence-corrected chi connectivity index (χ4v) is 3.84. The molecule has 0 bridgehead atoms. The number of carbonyl (C=O) groups excluding carboxylic acids is 1. The summed E-state index contributed by atoms with van der Waals surface area (Å²) < 4.78 is 22.0. The zero-order valence-electron chi connectivity index (χ0n) is 19.9. The van der Waals surface area contributed by atoms with Gasteiger partial charge in [0, 0.05) is 34.7 Å². The molecule has 0 unspecified atom stereocenters. The lowest BCUT2D eigenvalue weighted by Crippen LogP contribution is -2.10. The molecular weight excluding hydrogens is 430 g/mol. The number of allylic oxidation sites excluding steroid dienone is 1. The van der Waals surface area contributed by atoms with Crippen molar-refractivity contribution in [3.05, 3.63) is 78.1 Å². The normalized spacial score (nSPS) is 11.4. The van der Waals surface area contributed by atoms with Gasteiger partial charge in [0.1, 0.15) is 22.8 Å². The van der Waals surface area contributed by atoms with Crippen molar-refractivity contribution in [2.24, 2.45) is 0 Å². The summed E-state index contributed by atoms with van der Waals surface area (Å²) in [5.74, 6) is 1.49. The van der Waals surface area contributed by atoms with Gasteiger partial charge in [0.15, 0.2) is 0 Å². The highest BCUT2D eigenvalue weighted by molar-refractivity contribution is 6.06. The first-order valence-electron chi connectivity index (χ1n) is 10.8. The molecule has 6 nitrogen and oxygen atoms in total. The number of nitrogens with one attached hydrogen (secondary N) is 1. The SMILES string of the molecule is COc1ccc(OC)c(NC(=O)/C=C(\C)c2cc3c(-c4ccc(C)cc4)coc3cc2OC)c1. The standard InChI is InChI=1S/C28H27NO5/c1-17-6-8-19(9-7-17)23-16-34-27-15-26(33-5)21(14-22(23)27)18(2)12-28(30)29-24-13-20(31-3)10-11-25(24)32-4/h6-16H,1-5H3,(H,29,30)/b18-12+. The largest absolute Gasteiger partial charge is 0.497 e. The van der Waals surface area contributed by atoms with Gasteiger partial charge in [0.05, 0.1) is 33.3 Å². The predicted octanol–water partition coefficient (Wildman–Crippen LogP) is 6.48. The molecule has 174 valence electrons. The maximum Gasteiger partial charge on any atom is 0.248 e. The van der Waals surface area contributed by atoms with E-state index in [4.69, 9.17) is 18.6 Å². The Hall–Kier alpha value is -4.19. The molecule has 0 radical (unpaired) electrons. The van der Waals surface area contributed by atoms with Gasteiger partial charge in [-0.1, -0.05) is 29.8 Å². The molecule has 1 heterocycles. The Bertz CT molecular complexity index is 1370. The van der Waals surface area contributed by atoms with Crippen LogP contribution in [0.2, 0.25) is 0 Å². The second kappa shape index (κ2) is 9.75. The number of amides is 1. The summed E-state index contributed by atoms with van der Waals surface area (Å²) in [6, 6.07) is 17.4. The number of rotatable bonds is 7. The molecule has 0 fully saturated rings. The van der Waals surface area contributed by atoms with Crippen molar-refractivity contribution in [1.82, 2.24) is 0 Å². The first kappa shape index (κ1) is 23.0. The molecule has 4 aromatic rings. The summed E-state index contributed by atoms with van der Waals surface area (Å²) >= 11 is 0. The third-order valence-corrected chi connectivity index (χ3v) is 5.70. The van der Waals surface area contributed by atoms with E-state index in [9.17, 15) is 4.79 Å². The third kappa shape index (κ3) is 4.62. The Morgan fingerprint density at radius 2 is 1.65 bits per heavy atom. The van der Waals surface area contributed by atoms with Crippen LogP contribution in [0.5, 0.6) is 17.2 Å². The quantitative estimate of drug-likeness (QED) is 0.322. The molecule has 0 spiro atoms. The van der Waals surface area contributed by atoms with Crippen LogP contribution in [0.1, 0.15) is 18.1 Å². The minimum atomic E-state index is -0.294. The van der Waals surface area contributed by atoms with Crippen LogP contribution in [-0.2, 0) is 4.79 Å². The first-order valence-corrected chi connectivity index (χ1v) is 10.8. The molecule has 1 amide bonds. The van der Waals surface area contributed by atoms with E-state index >= 15 is 0 Å². The van der Waals surface area contributed by atoms with Crippen LogP contribution in [-0.4, -0.2) is 27.2 Å². The maximum atomic E-state index is 12.9. The van der Waals surface area contributed by atoms with Gasteiger partial charge in [-0.05, 0) is 43.2 Å². The summed E-state index contributed by atoms with van der Waals surface area (Å²) in [5.41, 5.74) is 6.02. The Morgan fingerprint density at radius 3 is 2.32 bits per heavy atom. The molecule has 3 aromatic carbocycles. The van der Waals surface area contributed by atoms with Crippen molar-refractivity contribution in [3.8, 4) is 28.4 Å². The van der Waals surface area contributed by atoms with Crippen LogP contribution < -0.4 is 19.5 Å². The second-order valence-electron chi connectivity index (χ2n) is 7.95. The van der Waals surface area contributed by atoms with E-state index < -0.39 is 0 Å². The van der Waals surface area contributed by atoms with E-state index in [1.807, 2.05) is 19.1 Å². The van der Waals surface area contributed by atoms with Crippen molar-refractivity contribution < 1.29 is 23.4 Å². The lowest BCUT2D eigenvalue weighted by Gasteiger charge is -2.12. The van der Waals surface area contributed by atoms with Crippen molar-refractivity contribution in [2.45, 2.75) is 13.8 Å². The summed E-state index contributed by atoms with van der Waals surface area (Å²) in [5, 5.41) is 3.82. The average Bonchev–Trinajstić information content (AvgIpc) is 3.26. The van der Waals surface area contributed by atoms with E-state index in [-0.39, 0.29) is 5.91 Å². The van der Waals surface area contributed by atoms with Crippen LogP contribution in [0, 0.1) is 6.92 Å². The number of fused-ring (bicyclic) bond motifs is 1. The Morgan fingerprint density at radius 1 is 0.912 bits per heavy atom. The van der Waals surface area contributed by atoms with Crippen molar-refractivity contribution in [3.63, 3.8) is 0 Å². The van der Waals surface area contributed by atoms with E-state index in [2.05, 4.69) is 36.5 Å². The molecular formula is C28H27NO5. The van der Waals surface area contributed by atoms with Crippen LogP contribution in [0.25, 0.3) is 27.7 Å². The number of anilines is 1. The van der Waals surface area contributed by atoms with Crippen LogP contribution in [0.15, 0.2) is 71.4 Å². The zero-order chi connectivity index (χ0) is 24.2. The number of methoxy groups -OCH3 is 3. The molecule has 0 aliphatic heterocycles. The monoisotopic (exact) mass is 457 g/mol. The highest BCUT2D eigenvalue weighted by atomic mass is 16.5. The van der Waals surface area contributed by atoms with Crippen LogP contribution in [0.4, 0.5) is 5.69 Å². The van der Waals surface area contributed by atoms with Gasteiger partial charge < -0.3 is 23.9 Å². The fourth-order valence-electron chi connectivity index (χ4n) is 3.84. The maximum absolute atomic E-state index is 12.9. The lowest BCUT2D eigenvalue weighted by atomic mass is 9.99. The van der Waals surface area contributed by atoms with Gasteiger partial charge in [-0.15, -0.1) is 0 Å². The molecule has 1 aromatic heterocycles. The third-order valence-electron chi connectivity index (χ3n) is 5.70. The van der Waals surface area contributed by atoms with Gasteiger partial charge in [-0.2, -0.15) is 0 Å². The van der Waals surface area contributed by atoms with Gasteiger partial charge in [0.25, 0.3) is 0 Å². The van der Waals surface area contributed by atoms with Gasteiger partial charge in [-0.25, -0.2) is 0 Å². The van der Waals surface area contributed by atoms with Gasteiger partial charge in [-0.3, -0.25) is 4.79 Å². The average molecular weight is 458 g/mol. The number of aryl methyl sites for hydroxylation is 1. The lowest BCUT2D eigenvalue weighted by molar-refractivity contribution is -0.111. The van der Waals surface area contributed by atoms with Gasteiger partial charge >= 0.3 is 0 Å². The van der Waals surface area contributed by atoms with E-state index in [0.717, 1.165) is 33.2 Å². The number of hydrogen-bond donors (Lipinski definition) is 1. The molecule has 0 saturated carbocycles. The topological polar surface area (TPSA) is 69.9 Å². The Balaban J connectivity index is 1.70. The van der Waals surface area contributed by atoms with Crippen molar-refractivity contribution >= 4 is 28.1 Å². The van der Waals surface area contributed by atoms with Crippen molar-refractivity contribution in [2.75, 3.05) is 26.6 Å². The van der Waals surface area contributed by atoms with Gasteiger partial charge in [0.2, 0.25) is 5.91 Å². The van der Waals surface area contributed by atoms with E-state index in [1.54, 1.807) is 45.8 Å². The number of hydrogen-bond acceptors (Lipinski definition) is 5. The van der Waals surface area contributed by atoms with E-state index in [1.165, 1.54) is 11.6 Å². The highest BCUT2D eigenvalue weighted by Gasteiger charge is 2.15. The molecule has 0 aliphatic rings. The first-order chi connectivity index (χ1) is 16.4. The predicted molar refractivity (Wildman–Crippen MR) is 135 cm³/mol. The summed E-state index contributed by atoms with van der Waals surface area (Å²) in [4.78, 5) is 12.9. The summed E-state index contributed by atoms with van der Waals surface area (Å²) in [7, 11) is 4.72. The smallest absolute Gasteiger partial charge is 0.248 e. The molecule has 6 heteroatoms. The Kier molecular flexibility index (Phi) is 6.59. The minimum Gasteiger partial charge on any atom is -0.497 e. The number of benzene rings is 3. The zero-order valence-corrected chi connectivity index (χ0v) is 19.9. The summed E-state index contributed by atoms with van der Waals surface area (Å²) in [6.45, 7) is 3.93. The fraction of sp³-hybridized carbons (Fsp3) is 0.179. The number of carbonyl (C=O) groups is 1. The van der Waals surface area contributed by atoms with Crippen LogP contribution >= 0.6 is 0 Å². The van der Waals surface area contributed by atoms with E-state index in [0.29, 0.717) is 22.9 Å². The highest BCUT2D eigenvalue weighted by Crippen LogP contribution is 2.37. The number of furan rings is 1. The molecule has 34 heavy (non-hydrogen) atoms. The molecule has 4 rings (SSSR count). The second-order valence-corrected chi connectivity index (χ2v) is 7.95. The number of ether oxygens (including phenoxy) is 3. The van der Waals surface area contributed by atoms with Crippen molar-refractivity contribution in [1.29, 1.82) is 0 Å². The van der Waals surface area contributed by atoms with Crippen LogP contribution in [0.3, 0.4) is 0 Å². The Labute approximate surface area is 198 Å². The molecule has 0 aliphatic carbocycles.